The van der Waals surface area contributed by atoms with Gasteiger partial charge in [0, 0.05) is 0 Å². The van der Waals surface area contributed by atoms with E-state index in [0.29, 0.717) is 17.9 Å². The molecule has 1 aromatic rings. The summed E-state index contributed by atoms with van der Waals surface area (Å²) < 4.78 is 13.0. The minimum atomic E-state index is -0.607. The Morgan fingerprint density at radius 3 is 2.56 bits per heavy atom. The Morgan fingerprint density at radius 2 is 2.00 bits per heavy atom. The third-order valence-electron chi connectivity index (χ3n) is 2.69. The second-order valence-electron chi connectivity index (χ2n) is 4.62. The molecule has 3 heteroatoms. The highest BCUT2D eigenvalue weighted by Gasteiger charge is 2.17. The zero-order chi connectivity index (χ0) is 12.1. The van der Waals surface area contributed by atoms with Crippen LogP contribution in [0.5, 0.6) is 0 Å². The first kappa shape index (κ1) is 13.1. The van der Waals surface area contributed by atoms with E-state index in [1.54, 1.807) is 12.1 Å². The molecule has 0 radical (unpaired) electrons. The Kier molecular flexibility index (Phi) is 4.90. The Morgan fingerprint density at radius 1 is 1.31 bits per heavy atom. The van der Waals surface area contributed by atoms with Gasteiger partial charge in [-0.05, 0) is 36.5 Å². The normalized spacial score (nSPS) is 15.1. The van der Waals surface area contributed by atoms with Crippen molar-refractivity contribution in [2.45, 2.75) is 38.8 Å². The lowest BCUT2D eigenvalue weighted by atomic mass is 9.96. The van der Waals surface area contributed by atoms with Crippen LogP contribution < -0.4 is 5.73 Å². The average Bonchev–Trinajstić information content (AvgIpc) is 2.24. The molecule has 0 unspecified atom stereocenters. The maximum atomic E-state index is 13.0. The van der Waals surface area contributed by atoms with Gasteiger partial charge in [-0.25, -0.2) is 4.39 Å². The molecule has 0 aliphatic carbocycles. The van der Waals surface area contributed by atoms with Gasteiger partial charge in [0.25, 0.3) is 0 Å². The number of halogens is 1. The van der Waals surface area contributed by atoms with Crippen molar-refractivity contribution in [2.75, 3.05) is 0 Å². The molecular weight excluding hydrogens is 205 g/mol. The third kappa shape index (κ3) is 3.91. The Balaban J connectivity index is 2.59. The van der Waals surface area contributed by atoms with Gasteiger partial charge in [0.05, 0.1) is 12.1 Å². The summed E-state index contributed by atoms with van der Waals surface area (Å²) in [6, 6.07) is 5.60. The van der Waals surface area contributed by atoms with Crippen LogP contribution in [-0.4, -0.2) is 11.2 Å². The molecule has 0 saturated heterocycles. The minimum Gasteiger partial charge on any atom is -0.391 e. The van der Waals surface area contributed by atoms with Crippen LogP contribution in [0.1, 0.15) is 38.3 Å². The SMILES string of the molecule is CC(C)CC[C@H](O)[C@H](N)c1cccc(F)c1. The van der Waals surface area contributed by atoms with E-state index in [0.717, 1.165) is 6.42 Å². The number of benzene rings is 1. The molecule has 1 rings (SSSR count). The molecule has 0 saturated carbocycles. The molecule has 0 aromatic heterocycles. The van der Waals surface area contributed by atoms with Gasteiger partial charge in [-0.15, -0.1) is 0 Å². The number of aliphatic hydroxyl groups excluding tert-OH is 1. The number of hydrogen-bond acceptors (Lipinski definition) is 2. The second kappa shape index (κ2) is 5.97. The van der Waals surface area contributed by atoms with Crippen molar-refractivity contribution in [1.82, 2.24) is 0 Å². The number of nitrogens with two attached hydrogens (primary N) is 1. The van der Waals surface area contributed by atoms with Gasteiger partial charge < -0.3 is 10.8 Å². The van der Waals surface area contributed by atoms with Gasteiger partial charge in [0.2, 0.25) is 0 Å². The van der Waals surface area contributed by atoms with E-state index in [1.165, 1.54) is 12.1 Å². The lowest BCUT2D eigenvalue weighted by molar-refractivity contribution is 0.128. The zero-order valence-electron chi connectivity index (χ0n) is 9.86. The molecule has 0 heterocycles. The molecular formula is C13H20FNO. The highest BCUT2D eigenvalue weighted by Crippen LogP contribution is 2.19. The fourth-order valence-electron chi connectivity index (χ4n) is 1.62. The van der Waals surface area contributed by atoms with E-state index >= 15 is 0 Å². The lowest BCUT2D eigenvalue weighted by Crippen LogP contribution is -2.26. The lowest BCUT2D eigenvalue weighted by Gasteiger charge is -2.20. The summed E-state index contributed by atoms with van der Waals surface area (Å²) in [4.78, 5) is 0. The smallest absolute Gasteiger partial charge is 0.123 e. The molecule has 3 N–H and O–H groups in total. The standard InChI is InChI=1S/C13H20FNO/c1-9(2)6-7-12(16)13(15)10-4-3-5-11(14)8-10/h3-5,8-9,12-13,16H,6-7,15H2,1-2H3/t12-,13+/m0/s1. The van der Waals surface area contributed by atoms with Gasteiger partial charge in [0.15, 0.2) is 0 Å². The van der Waals surface area contributed by atoms with Crippen LogP contribution in [0.4, 0.5) is 4.39 Å². The highest BCUT2D eigenvalue weighted by molar-refractivity contribution is 5.20. The van der Waals surface area contributed by atoms with Gasteiger partial charge >= 0.3 is 0 Å². The number of rotatable bonds is 5. The van der Waals surface area contributed by atoms with Crippen LogP contribution in [0.2, 0.25) is 0 Å². The Labute approximate surface area is 96.3 Å². The summed E-state index contributed by atoms with van der Waals surface area (Å²) >= 11 is 0. The minimum absolute atomic E-state index is 0.316. The Bertz CT molecular complexity index is 327. The molecule has 2 nitrogen and oxygen atoms in total. The van der Waals surface area contributed by atoms with E-state index in [9.17, 15) is 9.50 Å². The molecule has 0 fully saturated rings. The first-order chi connectivity index (χ1) is 7.50. The fourth-order valence-corrected chi connectivity index (χ4v) is 1.62. The number of aliphatic hydroxyl groups is 1. The van der Waals surface area contributed by atoms with Crippen molar-refractivity contribution in [3.63, 3.8) is 0 Å². The topological polar surface area (TPSA) is 46.2 Å². The predicted molar refractivity (Wildman–Crippen MR) is 63.4 cm³/mol. The van der Waals surface area contributed by atoms with Crippen molar-refractivity contribution < 1.29 is 9.50 Å². The monoisotopic (exact) mass is 225 g/mol. The first-order valence-electron chi connectivity index (χ1n) is 5.70. The zero-order valence-corrected chi connectivity index (χ0v) is 9.86. The van der Waals surface area contributed by atoms with Crippen LogP contribution in [0.3, 0.4) is 0 Å². The van der Waals surface area contributed by atoms with Gasteiger partial charge in [0.1, 0.15) is 5.82 Å². The van der Waals surface area contributed by atoms with E-state index in [2.05, 4.69) is 13.8 Å². The molecule has 1 aromatic carbocycles. The molecule has 0 bridgehead atoms. The molecule has 2 atom stereocenters. The summed E-state index contributed by atoms with van der Waals surface area (Å²) in [6.07, 6.45) is 0.962. The van der Waals surface area contributed by atoms with E-state index < -0.39 is 12.1 Å². The van der Waals surface area contributed by atoms with Crippen molar-refractivity contribution >= 4 is 0 Å². The average molecular weight is 225 g/mol. The largest absolute Gasteiger partial charge is 0.391 e. The molecule has 0 aliphatic rings. The van der Waals surface area contributed by atoms with Crippen LogP contribution in [0, 0.1) is 11.7 Å². The van der Waals surface area contributed by atoms with Gasteiger partial charge in [-0.2, -0.15) is 0 Å². The van der Waals surface area contributed by atoms with Gasteiger partial charge in [-0.3, -0.25) is 0 Å². The third-order valence-corrected chi connectivity index (χ3v) is 2.69. The summed E-state index contributed by atoms with van der Waals surface area (Å²) in [5, 5.41) is 9.86. The quantitative estimate of drug-likeness (QED) is 0.809. The maximum Gasteiger partial charge on any atom is 0.123 e. The summed E-state index contributed by atoms with van der Waals surface area (Å²) in [5.41, 5.74) is 6.53. The molecule has 0 spiro atoms. The van der Waals surface area contributed by atoms with Crippen LogP contribution in [0.15, 0.2) is 24.3 Å². The van der Waals surface area contributed by atoms with Crippen molar-refractivity contribution in [2.24, 2.45) is 11.7 Å². The maximum absolute atomic E-state index is 13.0. The Hall–Kier alpha value is -0.930. The first-order valence-corrected chi connectivity index (χ1v) is 5.70. The van der Waals surface area contributed by atoms with E-state index in [1.807, 2.05) is 0 Å². The molecule has 0 amide bonds. The molecule has 90 valence electrons. The van der Waals surface area contributed by atoms with Crippen LogP contribution >= 0.6 is 0 Å². The van der Waals surface area contributed by atoms with Crippen LogP contribution in [-0.2, 0) is 0 Å². The molecule has 16 heavy (non-hydrogen) atoms. The fraction of sp³-hybridized carbons (Fsp3) is 0.538. The van der Waals surface area contributed by atoms with E-state index in [4.69, 9.17) is 5.73 Å². The van der Waals surface area contributed by atoms with Gasteiger partial charge in [-0.1, -0.05) is 26.0 Å². The van der Waals surface area contributed by atoms with Crippen molar-refractivity contribution in [3.8, 4) is 0 Å². The van der Waals surface area contributed by atoms with Crippen molar-refractivity contribution in [3.05, 3.63) is 35.6 Å². The van der Waals surface area contributed by atoms with E-state index in [-0.39, 0.29) is 5.82 Å². The van der Waals surface area contributed by atoms with Crippen molar-refractivity contribution in [1.29, 1.82) is 0 Å². The summed E-state index contributed by atoms with van der Waals surface area (Å²) in [5.74, 6) is 0.221. The predicted octanol–water partition coefficient (Wildman–Crippen LogP) is 2.62. The second-order valence-corrected chi connectivity index (χ2v) is 4.62. The highest BCUT2D eigenvalue weighted by atomic mass is 19.1. The summed E-state index contributed by atoms with van der Waals surface area (Å²) in [7, 11) is 0. The van der Waals surface area contributed by atoms with Crippen LogP contribution in [0.25, 0.3) is 0 Å². The number of hydrogen-bond donors (Lipinski definition) is 2. The molecule has 0 aliphatic heterocycles. The summed E-state index contributed by atoms with van der Waals surface area (Å²) in [6.45, 7) is 4.20.